The number of likely N-dealkylation sites (tertiary alicyclic amines) is 1. The van der Waals surface area contributed by atoms with Crippen LogP contribution in [0.4, 0.5) is 0 Å². The zero-order chi connectivity index (χ0) is 11.4. The first-order chi connectivity index (χ1) is 7.79. The number of rotatable bonds is 4. The monoisotopic (exact) mass is 303 g/mol. The maximum atomic E-state index is 5.71. The summed E-state index contributed by atoms with van der Waals surface area (Å²) in [4.78, 5) is 3.93. The van der Waals surface area contributed by atoms with E-state index in [4.69, 9.17) is 4.74 Å². The predicted molar refractivity (Wildman–Crippen MR) is 71.9 cm³/mol. The summed E-state index contributed by atoms with van der Waals surface area (Å²) < 4.78 is 6.96. The van der Waals surface area contributed by atoms with Crippen LogP contribution in [0.1, 0.15) is 24.6 Å². The van der Waals surface area contributed by atoms with Gasteiger partial charge in [-0.05, 0) is 53.7 Å². The highest BCUT2D eigenvalue weighted by Crippen LogP contribution is 2.25. The molecular weight excluding hydrogens is 286 g/mol. The summed E-state index contributed by atoms with van der Waals surface area (Å²) in [6.07, 6.45) is 2.92. The van der Waals surface area contributed by atoms with Crippen LogP contribution in [0.25, 0.3) is 0 Å². The van der Waals surface area contributed by atoms with E-state index < -0.39 is 0 Å². The van der Waals surface area contributed by atoms with Gasteiger partial charge in [-0.3, -0.25) is 4.90 Å². The van der Waals surface area contributed by atoms with Crippen molar-refractivity contribution in [2.45, 2.75) is 32.4 Å². The van der Waals surface area contributed by atoms with Gasteiger partial charge in [-0.15, -0.1) is 11.3 Å². The Morgan fingerprint density at radius 1 is 1.62 bits per heavy atom. The van der Waals surface area contributed by atoms with E-state index in [0.29, 0.717) is 6.10 Å². The van der Waals surface area contributed by atoms with Crippen LogP contribution in [0.2, 0.25) is 0 Å². The highest BCUT2D eigenvalue weighted by molar-refractivity contribution is 9.10. The maximum Gasteiger partial charge on any atom is 0.0702 e. The van der Waals surface area contributed by atoms with Crippen LogP contribution in [0.5, 0.6) is 0 Å². The molecule has 1 unspecified atom stereocenters. The van der Waals surface area contributed by atoms with Crippen molar-refractivity contribution in [2.75, 3.05) is 19.7 Å². The Morgan fingerprint density at radius 2 is 2.50 bits per heavy atom. The molecule has 16 heavy (non-hydrogen) atoms. The van der Waals surface area contributed by atoms with Crippen molar-refractivity contribution in [1.29, 1.82) is 0 Å². The van der Waals surface area contributed by atoms with E-state index >= 15 is 0 Å². The van der Waals surface area contributed by atoms with Gasteiger partial charge in [0.1, 0.15) is 0 Å². The number of nitrogens with zero attached hydrogens (tertiary/aromatic N) is 1. The molecule has 1 saturated heterocycles. The van der Waals surface area contributed by atoms with Gasteiger partial charge in [0.25, 0.3) is 0 Å². The van der Waals surface area contributed by atoms with E-state index in [1.807, 2.05) is 11.3 Å². The Hall–Kier alpha value is 0.100. The summed E-state index contributed by atoms with van der Waals surface area (Å²) >= 11 is 5.42. The Balaban J connectivity index is 1.88. The average Bonchev–Trinajstić information content (AvgIpc) is 2.66. The zero-order valence-corrected chi connectivity index (χ0v) is 12.0. The van der Waals surface area contributed by atoms with E-state index in [2.05, 4.69) is 39.2 Å². The third kappa shape index (κ3) is 3.29. The summed E-state index contributed by atoms with van der Waals surface area (Å²) in [5.41, 5.74) is 0. The van der Waals surface area contributed by atoms with Crippen LogP contribution >= 0.6 is 27.3 Å². The Kier molecular flexibility index (Phi) is 4.82. The van der Waals surface area contributed by atoms with E-state index in [0.717, 1.165) is 19.7 Å². The van der Waals surface area contributed by atoms with Crippen LogP contribution in [0.15, 0.2) is 15.9 Å². The van der Waals surface area contributed by atoms with Crippen LogP contribution in [0, 0.1) is 0 Å². The molecular formula is C12H18BrNOS. The molecule has 1 aliphatic heterocycles. The Bertz CT molecular complexity index is 327. The summed E-state index contributed by atoms with van der Waals surface area (Å²) in [7, 11) is 0. The van der Waals surface area contributed by atoms with Crippen molar-refractivity contribution >= 4 is 27.3 Å². The third-order valence-corrected chi connectivity index (χ3v) is 4.83. The van der Waals surface area contributed by atoms with Gasteiger partial charge in [0, 0.05) is 29.0 Å². The molecule has 90 valence electrons. The van der Waals surface area contributed by atoms with Crippen molar-refractivity contribution in [1.82, 2.24) is 4.90 Å². The second-order valence-electron chi connectivity index (χ2n) is 4.15. The molecule has 0 saturated carbocycles. The molecule has 1 aromatic rings. The van der Waals surface area contributed by atoms with Crippen molar-refractivity contribution in [3.05, 3.63) is 20.8 Å². The van der Waals surface area contributed by atoms with E-state index in [9.17, 15) is 0 Å². The molecule has 1 fully saturated rings. The summed E-state index contributed by atoms with van der Waals surface area (Å²) in [6, 6.07) is 2.13. The largest absolute Gasteiger partial charge is 0.377 e. The molecule has 0 aromatic carbocycles. The lowest BCUT2D eigenvalue weighted by Gasteiger charge is -2.32. The summed E-state index contributed by atoms with van der Waals surface area (Å²) in [6.45, 7) is 6.25. The van der Waals surface area contributed by atoms with Gasteiger partial charge in [-0.2, -0.15) is 0 Å². The highest BCUT2D eigenvalue weighted by atomic mass is 79.9. The molecule has 0 N–H and O–H groups in total. The fourth-order valence-electron chi connectivity index (χ4n) is 2.17. The van der Waals surface area contributed by atoms with Crippen molar-refractivity contribution in [3.63, 3.8) is 0 Å². The SMILES string of the molecule is CCOC1CCCN(Cc2sccc2Br)C1. The number of thiophene rings is 1. The van der Waals surface area contributed by atoms with Gasteiger partial charge in [0.05, 0.1) is 6.10 Å². The van der Waals surface area contributed by atoms with Gasteiger partial charge >= 0.3 is 0 Å². The molecule has 4 heteroatoms. The molecule has 1 aromatic heterocycles. The molecule has 1 aliphatic rings. The standard InChI is InChI=1S/C12H18BrNOS/c1-2-15-10-4-3-6-14(8-10)9-12-11(13)5-7-16-12/h5,7,10H,2-4,6,8-9H2,1H3. The molecule has 0 bridgehead atoms. The van der Waals surface area contributed by atoms with Gasteiger partial charge in [0.2, 0.25) is 0 Å². The summed E-state index contributed by atoms with van der Waals surface area (Å²) in [5, 5.41) is 2.14. The average molecular weight is 304 g/mol. The third-order valence-electron chi connectivity index (χ3n) is 2.92. The number of hydrogen-bond donors (Lipinski definition) is 0. The lowest BCUT2D eigenvalue weighted by atomic mass is 10.1. The van der Waals surface area contributed by atoms with E-state index in [1.54, 1.807) is 0 Å². The minimum Gasteiger partial charge on any atom is -0.377 e. The topological polar surface area (TPSA) is 12.5 Å². The highest BCUT2D eigenvalue weighted by Gasteiger charge is 2.20. The number of hydrogen-bond acceptors (Lipinski definition) is 3. The van der Waals surface area contributed by atoms with Gasteiger partial charge in [-0.1, -0.05) is 0 Å². The minimum absolute atomic E-state index is 0.442. The molecule has 0 amide bonds. The fraction of sp³-hybridized carbons (Fsp3) is 0.667. The molecule has 1 atom stereocenters. The van der Waals surface area contributed by atoms with E-state index in [1.165, 1.54) is 28.7 Å². The number of ether oxygens (including phenoxy) is 1. The molecule has 2 heterocycles. The Morgan fingerprint density at radius 3 is 3.19 bits per heavy atom. The number of piperidine rings is 1. The smallest absolute Gasteiger partial charge is 0.0702 e. The molecule has 2 nitrogen and oxygen atoms in total. The molecule has 0 spiro atoms. The Labute approximate surface area is 110 Å². The van der Waals surface area contributed by atoms with Crippen molar-refractivity contribution < 1.29 is 4.74 Å². The lowest BCUT2D eigenvalue weighted by Crippen LogP contribution is -2.39. The van der Waals surface area contributed by atoms with Crippen LogP contribution in [0.3, 0.4) is 0 Å². The molecule has 2 rings (SSSR count). The fourth-order valence-corrected chi connectivity index (χ4v) is 3.69. The normalized spacial score (nSPS) is 22.5. The van der Waals surface area contributed by atoms with Gasteiger partial charge < -0.3 is 4.74 Å². The van der Waals surface area contributed by atoms with Crippen molar-refractivity contribution in [3.8, 4) is 0 Å². The maximum absolute atomic E-state index is 5.71. The second kappa shape index (κ2) is 6.15. The van der Waals surface area contributed by atoms with Crippen molar-refractivity contribution in [2.24, 2.45) is 0 Å². The second-order valence-corrected chi connectivity index (χ2v) is 6.00. The molecule has 0 radical (unpaired) electrons. The lowest BCUT2D eigenvalue weighted by molar-refractivity contribution is 0.00385. The van der Waals surface area contributed by atoms with E-state index in [-0.39, 0.29) is 0 Å². The van der Waals surface area contributed by atoms with Gasteiger partial charge in [0.15, 0.2) is 0 Å². The number of halogens is 1. The van der Waals surface area contributed by atoms with Gasteiger partial charge in [-0.25, -0.2) is 0 Å². The first kappa shape index (κ1) is 12.6. The van der Waals surface area contributed by atoms with Crippen LogP contribution in [-0.4, -0.2) is 30.7 Å². The van der Waals surface area contributed by atoms with Crippen LogP contribution in [-0.2, 0) is 11.3 Å². The first-order valence-electron chi connectivity index (χ1n) is 5.85. The predicted octanol–water partition coefficient (Wildman–Crippen LogP) is 3.51. The quantitative estimate of drug-likeness (QED) is 0.844. The molecule has 0 aliphatic carbocycles. The minimum atomic E-state index is 0.442. The van der Waals surface area contributed by atoms with Crippen LogP contribution < -0.4 is 0 Å². The first-order valence-corrected chi connectivity index (χ1v) is 7.52. The zero-order valence-electron chi connectivity index (χ0n) is 9.62. The summed E-state index contributed by atoms with van der Waals surface area (Å²) in [5.74, 6) is 0.